The van der Waals surface area contributed by atoms with E-state index in [9.17, 15) is 9.59 Å². The number of hydrogen-bond donors (Lipinski definition) is 3. The monoisotopic (exact) mass is 531 g/mol. The minimum absolute atomic E-state index is 0.0583. The molecule has 6 nitrogen and oxygen atoms in total. The number of amides is 2. The van der Waals surface area contributed by atoms with Gasteiger partial charge in [-0.3, -0.25) is 14.9 Å². The lowest BCUT2D eigenvalue weighted by molar-refractivity contribution is 0.0926. The Hall–Kier alpha value is -2.45. The zero-order valence-corrected chi connectivity index (χ0v) is 21.2. The Morgan fingerprint density at radius 1 is 1.03 bits per heavy atom. The summed E-state index contributed by atoms with van der Waals surface area (Å²) in [7, 11) is 0. The fourth-order valence-electron chi connectivity index (χ4n) is 3.64. The predicted octanol–water partition coefficient (Wildman–Crippen LogP) is 5.82. The first kappa shape index (κ1) is 25.2. The first-order valence-corrected chi connectivity index (χ1v) is 12.6. The van der Waals surface area contributed by atoms with Gasteiger partial charge in [0.1, 0.15) is 5.75 Å². The lowest BCUT2D eigenvalue weighted by Gasteiger charge is -2.22. The lowest BCUT2D eigenvalue weighted by atomic mass is 9.95. The zero-order valence-electron chi connectivity index (χ0n) is 18.8. The van der Waals surface area contributed by atoms with Crippen LogP contribution in [0.3, 0.4) is 0 Å². The van der Waals surface area contributed by atoms with Crippen molar-refractivity contribution in [2.24, 2.45) is 0 Å². The number of thiocarbonyl (C=S) groups is 1. The van der Waals surface area contributed by atoms with E-state index in [2.05, 4.69) is 38.8 Å². The molecule has 2 amide bonds. The topological polar surface area (TPSA) is 79.5 Å². The first-order chi connectivity index (χ1) is 16.0. The normalized spacial score (nSPS) is 13.8. The van der Waals surface area contributed by atoms with Gasteiger partial charge in [0.2, 0.25) is 0 Å². The second kappa shape index (κ2) is 12.7. The molecule has 2 aromatic carbocycles. The highest BCUT2D eigenvalue weighted by Gasteiger charge is 2.17. The molecule has 1 fully saturated rings. The maximum Gasteiger partial charge on any atom is 0.257 e. The molecule has 3 rings (SSSR count). The van der Waals surface area contributed by atoms with Gasteiger partial charge in [-0.15, -0.1) is 0 Å². The molecule has 8 heteroatoms. The van der Waals surface area contributed by atoms with E-state index >= 15 is 0 Å². The van der Waals surface area contributed by atoms with Crippen LogP contribution in [0.2, 0.25) is 0 Å². The molecule has 3 N–H and O–H groups in total. The van der Waals surface area contributed by atoms with Crippen molar-refractivity contribution in [1.29, 1.82) is 0 Å². The summed E-state index contributed by atoms with van der Waals surface area (Å²) in [5, 5.41) is 8.94. The number of carbonyl (C=O) groups is 2. The maximum absolute atomic E-state index is 12.5. The van der Waals surface area contributed by atoms with Crippen LogP contribution in [0.15, 0.2) is 46.9 Å². The summed E-state index contributed by atoms with van der Waals surface area (Å²) in [6.07, 6.45) is 7.71. The number of hydrogen-bond acceptors (Lipinski definition) is 4. The molecule has 0 saturated heterocycles. The number of carbonyl (C=O) groups excluding carboxylic acids is 2. The van der Waals surface area contributed by atoms with Crippen molar-refractivity contribution in [2.75, 3.05) is 11.9 Å². The number of halogens is 1. The van der Waals surface area contributed by atoms with Crippen molar-refractivity contribution >= 4 is 50.8 Å². The second-order valence-corrected chi connectivity index (χ2v) is 9.40. The van der Waals surface area contributed by atoms with Gasteiger partial charge in [-0.05, 0) is 89.9 Å². The van der Waals surface area contributed by atoms with Crippen LogP contribution in [-0.2, 0) is 0 Å². The molecule has 0 heterocycles. The molecule has 0 aliphatic heterocycles. The Morgan fingerprint density at radius 2 is 1.73 bits per heavy atom. The third-order valence-electron chi connectivity index (χ3n) is 5.52. The van der Waals surface area contributed by atoms with Crippen LogP contribution in [0.5, 0.6) is 5.75 Å². The van der Waals surface area contributed by atoms with Gasteiger partial charge < -0.3 is 15.4 Å². The van der Waals surface area contributed by atoms with Gasteiger partial charge in [-0.1, -0.05) is 32.6 Å². The highest BCUT2D eigenvalue weighted by molar-refractivity contribution is 9.10. The highest BCUT2D eigenvalue weighted by atomic mass is 79.9. The second-order valence-electron chi connectivity index (χ2n) is 8.14. The minimum Gasteiger partial charge on any atom is -0.492 e. The summed E-state index contributed by atoms with van der Waals surface area (Å²) < 4.78 is 6.41. The molecule has 0 aromatic heterocycles. The summed E-state index contributed by atoms with van der Waals surface area (Å²) in [4.78, 5) is 25.0. The van der Waals surface area contributed by atoms with Gasteiger partial charge in [-0.2, -0.15) is 0 Å². The Labute approximate surface area is 209 Å². The molecule has 1 aliphatic rings. The standard InChI is InChI=1S/C25H30BrN3O3S/c1-2-3-15-32-22-14-11-18(16-21(22)26)24(31)29-25(33)28-20-12-9-17(10-13-20)23(30)27-19-7-5-4-6-8-19/h9-14,16,19H,2-8,15H2,1H3,(H,27,30)(H2,28,29,31,33). The van der Waals surface area contributed by atoms with Crippen molar-refractivity contribution in [2.45, 2.75) is 57.9 Å². The smallest absolute Gasteiger partial charge is 0.257 e. The van der Waals surface area contributed by atoms with E-state index in [0.717, 1.165) is 25.7 Å². The molecule has 1 saturated carbocycles. The first-order valence-electron chi connectivity index (χ1n) is 11.4. The number of benzene rings is 2. The molecule has 0 atom stereocenters. The number of rotatable bonds is 8. The molecule has 0 radical (unpaired) electrons. The van der Waals surface area contributed by atoms with Crippen LogP contribution < -0.4 is 20.7 Å². The van der Waals surface area contributed by atoms with Crippen LogP contribution in [0.1, 0.15) is 72.6 Å². The third-order valence-corrected chi connectivity index (χ3v) is 6.35. The summed E-state index contributed by atoms with van der Waals surface area (Å²) in [6.45, 7) is 2.74. The summed E-state index contributed by atoms with van der Waals surface area (Å²) in [5.74, 6) is 0.321. The van der Waals surface area contributed by atoms with E-state index in [0.29, 0.717) is 33.6 Å². The maximum atomic E-state index is 12.5. The fraction of sp³-hybridized carbons (Fsp3) is 0.400. The van der Waals surface area contributed by atoms with Crippen molar-refractivity contribution in [3.63, 3.8) is 0 Å². The van der Waals surface area contributed by atoms with Gasteiger partial charge in [0.15, 0.2) is 5.11 Å². The van der Waals surface area contributed by atoms with Crippen molar-refractivity contribution in [1.82, 2.24) is 10.6 Å². The summed E-state index contributed by atoms with van der Waals surface area (Å²) >= 11 is 8.73. The third kappa shape index (κ3) is 7.82. The quantitative estimate of drug-likeness (QED) is 0.295. The number of nitrogens with one attached hydrogen (secondary N) is 3. The molecule has 2 aromatic rings. The molecule has 0 unspecified atom stereocenters. The van der Waals surface area contributed by atoms with Gasteiger partial charge >= 0.3 is 0 Å². The largest absolute Gasteiger partial charge is 0.492 e. The number of anilines is 1. The van der Waals surface area contributed by atoms with E-state index in [1.807, 2.05) is 0 Å². The van der Waals surface area contributed by atoms with Crippen LogP contribution in [0.4, 0.5) is 5.69 Å². The van der Waals surface area contributed by atoms with E-state index in [4.69, 9.17) is 17.0 Å². The van der Waals surface area contributed by atoms with Crippen molar-refractivity contribution in [3.8, 4) is 5.75 Å². The Morgan fingerprint density at radius 3 is 2.39 bits per heavy atom. The molecular formula is C25H30BrN3O3S. The summed E-state index contributed by atoms with van der Waals surface area (Å²) in [6, 6.07) is 12.5. The van der Waals surface area contributed by atoms with E-state index in [1.165, 1.54) is 19.3 Å². The zero-order chi connectivity index (χ0) is 23.6. The molecule has 176 valence electrons. The Kier molecular flexibility index (Phi) is 9.69. The van der Waals surface area contributed by atoms with Crippen molar-refractivity contribution in [3.05, 3.63) is 58.1 Å². The van der Waals surface area contributed by atoms with Crippen molar-refractivity contribution < 1.29 is 14.3 Å². The van der Waals surface area contributed by atoms with Crippen LogP contribution >= 0.6 is 28.1 Å². The number of ether oxygens (including phenoxy) is 1. The Bertz CT molecular complexity index is 975. The van der Waals surface area contributed by atoms with Gasteiger partial charge in [0, 0.05) is 22.9 Å². The lowest BCUT2D eigenvalue weighted by Crippen LogP contribution is -2.36. The predicted molar refractivity (Wildman–Crippen MR) is 139 cm³/mol. The molecular weight excluding hydrogens is 502 g/mol. The SMILES string of the molecule is CCCCOc1ccc(C(=O)NC(=S)Nc2ccc(C(=O)NC3CCCCC3)cc2)cc1Br. The molecule has 1 aliphatic carbocycles. The van der Waals surface area contributed by atoms with Crippen LogP contribution in [0.25, 0.3) is 0 Å². The average molecular weight is 533 g/mol. The van der Waals surface area contributed by atoms with E-state index in [1.54, 1.807) is 42.5 Å². The molecule has 0 bridgehead atoms. The van der Waals surface area contributed by atoms with Gasteiger partial charge in [0.25, 0.3) is 11.8 Å². The summed E-state index contributed by atoms with van der Waals surface area (Å²) in [5.41, 5.74) is 1.76. The fourth-order valence-corrected chi connectivity index (χ4v) is 4.35. The van der Waals surface area contributed by atoms with E-state index in [-0.39, 0.29) is 23.0 Å². The Balaban J connectivity index is 1.50. The van der Waals surface area contributed by atoms with Gasteiger partial charge in [0.05, 0.1) is 11.1 Å². The highest BCUT2D eigenvalue weighted by Crippen LogP contribution is 2.26. The number of unbranched alkanes of at least 4 members (excludes halogenated alkanes) is 1. The van der Waals surface area contributed by atoms with E-state index < -0.39 is 0 Å². The minimum atomic E-state index is -0.322. The van der Waals surface area contributed by atoms with Gasteiger partial charge in [-0.25, -0.2) is 0 Å². The molecule has 33 heavy (non-hydrogen) atoms. The van der Waals surface area contributed by atoms with Crippen LogP contribution in [-0.4, -0.2) is 29.6 Å². The molecule has 0 spiro atoms. The van der Waals surface area contributed by atoms with Crippen LogP contribution in [0, 0.1) is 0 Å². The average Bonchev–Trinajstić information content (AvgIpc) is 2.81.